The first kappa shape index (κ1) is 17.7. The van der Waals surface area contributed by atoms with Crippen LogP contribution in [0.2, 0.25) is 0 Å². The first-order valence-corrected chi connectivity index (χ1v) is 8.44. The van der Waals surface area contributed by atoms with Gasteiger partial charge in [0.25, 0.3) is 5.91 Å². The van der Waals surface area contributed by atoms with E-state index in [-0.39, 0.29) is 24.5 Å². The number of carbonyl (C=O) groups excluding carboxylic acids is 2. The lowest BCUT2D eigenvalue weighted by Gasteiger charge is -2.35. The van der Waals surface area contributed by atoms with E-state index in [1.165, 1.54) is 0 Å². The van der Waals surface area contributed by atoms with Crippen molar-refractivity contribution in [3.63, 3.8) is 0 Å². The van der Waals surface area contributed by atoms with Gasteiger partial charge in [0.15, 0.2) is 6.61 Å². The molecule has 6 nitrogen and oxygen atoms in total. The molecular weight excluding hydrogens is 362 g/mol. The second-order valence-corrected chi connectivity index (χ2v) is 6.60. The van der Waals surface area contributed by atoms with Crippen LogP contribution >= 0.6 is 15.9 Å². The monoisotopic (exact) mass is 383 g/mol. The highest BCUT2D eigenvalue weighted by atomic mass is 79.9. The summed E-state index contributed by atoms with van der Waals surface area (Å²) >= 11 is 3.35. The molecule has 1 atom stereocenters. The van der Waals surface area contributed by atoms with Crippen LogP contribution in [0.4, 0.5) is 0 Å². The largest absolute Gasteiger partial charge is 0.484 e. The molecule has 1 aliphatic rings. The molecule has 1 saturated heterocycles. The lowest BCUT2D eigenvalue weighted by Crippen LogP contribution is -2.52. The van der Waals surface area contributed by atoms with E-state index < -0.39 is 0 Å². The number of hydrogen-bond donors (Lipinski definition) is 1. The van der Waals surface area contributed by atoms with Crippen LogP contribution < -0.4 is 10.5 Å². The maximum absolute atomic E-state index is 12.2. The second kappa shape index (κ2) is 8.31. The fourth-order valence-corrected chi connectivity index (χ4v) is 2.64. The number of nitrogens with two attached hydrogens (primary N) is 1. The maximum Gasteiger partial charge on any atom is 0.260 e. The van der Waals surface area contributed by atoms with E-state index >= 15 is 0 Å². The summed E-state index contributed by atoms with van der Waals surface area (Å²) in [5.74, 6) is 0.651. The third-order valence-corrected chi connectivity index (χ3v) is 4.19. The minimum absolute atomic E-state index is 0.00934. The highest BCUT2D eigenvalue weighted by Crippen LogP contribution is 2.16. The molecule has 0 aliphatic carbocycles. The van der Waals surface area contributed by atoms with Crippen molar-refractivity contribution < 1.29 is 14.3 Å². The fourth-order valence-electron chi connectivity index (χ4n) is 2.38. The van der Waals surface area contributed by atoms with Gasteiger partial charge in [0, 0.05) is 43.1 Å². The summed E-state index contributed by atoms with van der Waals surface area (Å²) in [6, 6.07) is 7.20. The zero-order valence-electron chi connectivity index (χ0n) is 13.2. The molecule has 1 heterocycles. The Bertz CT molecular complexity index is 540. The lowest BCUT2D eigenvalue weighted by atomic mass is 10.2. The summed E-state index contributed by atoms with van der Waals surface area (Å²) in [6.45, 7) is 4.00. The molecule has 0 aromatic heterocycles. The summed E-state index contributed by atoms with van der Waals surface area (Å²) in [4.78, 5) is 27.6. The lowest BCUT2D eigenvalue weighted by molar-refractivity contribution is -0.140. The standard InChI is InChI=1S/C16H22BrN3O3/c1-12(18)10-15(21)19-6-8-20(9-7-19)16(22)11-23-14-4-2-13(17)3-5-14/h2-5,12H,6-11,18H2,1H3. The predicted octanol–water partition coefficient (Wildman–Crippen LogP) is 1.24. The maximum atomic E-state index is 12.2. The molecule has 2 N–H and O–H groups in total. The molecule has 7 heteroatoms. The summed E-state index contributed by atoms with van der Waals surface area (Å²) in [5, 5.41) is 0. The number of amides is 2. The van der Waals surface area contributed by atoms with Gasteiger partial charge in [0.2, 0.25) is 5.91 Å². The number of nitrogens with zero attached hydrogens (tertiary/aromatic N) is 2. The van der Waals surface area contributed by atoms with E-state index in [0.717, 1.165) is 4.47 Å². The van der Waals surface area contributed by atoms with Crippen molar-refractivity contribution in [1.29, 1.82) is 0 Å². The van der Waals surface area contributed by atoms with E-state index in [4.69, 9.17) is 10.5 Å². The van der Waals surface area contributed by atoms with Crippen molar-refractivity contribution in [2.45, 2.75) is 19.4 Å². The van der Waals surface area contributed by atoms with Crippen molar-refractivity contribution in [3.05, 3.63) is 28.7 Å². The van der Waals surface area contributed by atoms with Gasteiger partial charge in [-0.05, 0) is 31.2 Å². The zero-order valence-corrected chi connectivity index (χ0v) is 14.8. The molecule has 1 aliphatic heterocycles. The molecule has 2 rings (SSSR count). The van der Waals surface area contributed by atoms with Crippen LogP contribution in [0.1, 0.15) is 13.3 Å². The average Bonchev–Trinajstić information content (AvgIpc) is 2.53. The molecule has 0 spiro atoms. The Balaban J connectivity index is 1.75. The van der Waals surface area contributed by atoms with Gasteiger partial charge in [-0.15, -0.1) is 0 Å². The Hall–Kier alpha value is -1.60. The first-order valence-electron chi connectivity index (χ1n) is 7.65. The van der Waals surface area contributed by atoms with E-state index in [9.17, 15) is 9.59 Å². The minimum Gasteiger partial charge on any atom is -0.484 e. The first-order chi connectivity index (χ1) is 11.0. The van der Waals surface area contributed by atoms with Crippen molar-refractivity contribution in [1.82, 2.24) is 9.80 Å². The summed E-state index contributed by atoms with van der Waals surface area (Å²) in [6.07, 6.45) is 0.348. The average molecular weight is 384 g/mol. The summed E-state index contributed by atoms with van der Waals surface area (Å²) in [7, 11) is 0. The van der Waals surface area contributed by atoms with Crippen LogP contribution in [-0.4, -0.2) is 60.4 Å². The Labute approximate surface area is 144 Å². The topological polar surface area (TPSA) is 75.9 Å². The molecule has 126 valence electrons. The molecule has 1 aromatic rings. The molecule has 1 fully saturated rings. The Kier molecular flexibility index (Phi) is 6.41. The minimum atomic E-state index is -0.138. The van der Waals surface area contributed by atoms with Crippen molar-refractivity contribution in [2.24, 2.45) is 5.73 Å². The molecule has 2 amide bonds. The molecule has 1 aromatic carbocycles. The molecule has 0 saturated carbocycles. The van der Waals surface area contributed by atoms with Gasteiger partial charge in [0.05, 0.1) is 0 Å². The van der Waals surface area contributed by atoms with Crippen LogP contribution in [-0.2, 0) is 9.59 Å². The van der Waals surface area contributed by atoms with Crippen LogP contribution in [0, 0.1) is 0 Å². The quantitative estimate of drug-likeness (QED) is 0.829. The Morgan fingerprint density at radius 2 is 1.65 bits per heavy atom. The van der Waals surface area contributed by atoms with Crippen LogP contribution in [0.3, 0.4) is 0 Å². The third-order valence-electron chi connectivity index (χ3n) is 3.66. The van der Waals surface area contributed by atoms with Crippen LogP contribution in [0.15, 0.2) is 28.7 Å². The fraction of sp³-hybridized carbons (Fsp3) is 0.500. The van der Waals surface area contributed by atoms with E-state index in [0.29, 0.717) is 38.3 Å². The molecular formula is C16H22BrN3O3. The van der Waals surface area contributed by atoms with Crippen LogP contribution in [0.5, 0.6) is 5.75 Å². The van der Waals surface area contributed by atoms with E-state index in [1.54, 1.807) is 9.80 Å². The SMILES string of the molecule is CC(N)CC(=O)N1CCN(C(=O)COc2ccc(Br)cc2)CC1. The Morgan fingerprint density at radius 1 is 1.13 bits per heavy atom. The van der Waals surface area contributed by atoms with Gasteiger partial charge < -0.3 is 20.3 Å². The number of halogens is 1. The van der Waals surface area contributed by atoms with Gasteiger partial charge in [0.1, 0.15) is 5.75 Å². The molecule has 23 heavy (non-hydrogen) atoms. The number of ether oxygens (including phenoxy) is 1. The van der Waals surface area contributed by atoms with Gasteiger partial charge in [-0.1, -0.05) is 15.9 Å². The normalized spacial score (nSPS) is 16.1. The molecule has 0 bridgehead atoms. The summed E-state index contributed by atoms with van der Waals surface area (Å²) < 4.78 is 6.46. The van der Waals surface area contributed by atoms with Crippen molar-refractivity contribution in [2.75, 3.05) is 32.8 Å². The summed E-state index contributed by atoms with van der Waals surface area (Å²) in [5.41, 5.74) is 5.65. The van der Waals surface area contributed by atoms with Crippen molar-refractivity contribution in [3.8, 4) is 5.75 Å². The highest BCUT2D eigenvalue weighted by molar-refractivity contribution is 9.10. The van der Waals surface area contributed by atoms with Gasteiger partial charge in [-0.3, -0.25) is 9.59 Å². The molecule has 1 unspecified atom stereocenters. The van der Waals surface area contributed by atoms with E-state index in [1.807, 2.05) is 31.2 Å². The van der Waals surface area contributed by atoms with Crippen molar-refractivity contribution >= 4 is 27.7 Å². The number of piperazine rings is 1. The zero-order chi connectivity index (χ0) is 16.8. The number of carbonyl (C=O) groups is 2. The highest BCUT2D eigenvalue weighted by Gasteiger charge is 2.24. The van der Waals surface area contributed by atoms with E-state index in [2.05, 4.69) is 15.9 Å². The number of hydrogen-bond acceptors (Lipinski definition) is 4. The van der Waals surface area contributed by atoms with Gasteiger partial charge >= 0.3 is 0 Å². The Morgan fingerprint density at radius 3 is 2.17 bits per heavy atom. The number of benzene rings is 1. The second-order valence-electron chi connectivity index (χ2n) is 5.69. The number of rotatable bonds is 5. The third kappa shape index (κ3) is 5.51. The van der Waals surface area contributed by atoms with Gasteiger partial charge in [-0.2, -0.15) is 0 Å². The smallest absolute Gasteiger partial charge is 0.260 e. The van der Waals surface area contributed by atoms with Gasteiger partial charge in [-0.25, -0.2) is 0 Å². The predicted molar refractivity (Wildman–Crippen MR) is 91.1 cm³/mol. The molecule has 0 radical (unpaired) electrons. The van der Waals surface area contributed by atoms with Crippen LogP contribution in [0.25, 0.3) is 0 Å².